The van der Waals surface area contributed by atoms with Gasteiger partial charge in [-0.2, -0.15) is 0 Å². The minimum absolute atomic E-state index is 0.0165. The lowest BCUT2D eigenvalue weighted by atomic mass is 9.92. The highest BCUT2D eigenvalue weighted by Gasteiger charge is 2.37. The maximum atomic E-state index is 12.6. The van der Waals surface area contributed by atoms with Crippen molar-refractivity contribution in [2.75, 3.05) is 13.2 Å². The highest BCUT2D eigenvalue weighted by Crippen LogP contribution is 2.34. The van der Waals surface area contributed by atoms with Crippen LogP contribution in [0.15, 0.2) is 0 Å². The Morgan fingerprint density at radius 2 is 1.65 bits per heavy atom. The summed E-state index contributed by atoms with van der Waals surface area (Å²) in [6.45, 7) is 0.370. The SMILES string of the molecule is O=C(O)[C@H]1CC[C@@H](C(=O)N(CCO)C2CCCCC2)C1. The fraction of sp³-hybridized carbons (Fsp3) is 0.867. The molecular weight excluding hydrogens is 258 g/mol. The zero-order valence-electron chi connectivity index (χ0n) is 12.0. The van der Waals surface area contributed by atoms with Gasteiger partial charge in [-0.1, -0.05) is 19.3 Å². The Morgan fingerprint density at radius 1 is 1.00 bits per heavy atom. The van der Waals surface area contributed by atoms with Crippen molar-refractivity contribution >= 4 is 11.9 Å². The Labute approximate surface area is 120 Å². The number of hydrogen-bond acceptors (Lipinski definition) is 3. The molecule has 114 valence electrons. The molecule has 0 heterocycles. The van der Waals surface area contributed by atoms with E-state index < -0.39 is 5.97 Å². The number of aliphatic hydroxyl groups is 1. The summed E-state index contributed by atoms with van der Waals surface area (Å²) in [5, 5.41) is 18.2. The van der Waals surface area contributed by atoms with Crippen LogP contribution >= 0.6 is 0 Å². The largest absolute Gasteiger partial charge is 0.481 e. The average Bonchev–Trinajstić information content (AvgIpc) is 2.95. The number of rotatable bonds is 5. The molecule has 5 heteroatoms. The Balaban J connectivity index is 1.98. The van der Waals surface area contributed by atoms with Gasteiger partial charge in [-0.3, -0.25) is 9.59 Å². The fourth-order valence-electron chi connectivity index (χ4n) is 3.64. The maximum absolute atomic E-state index is 12.6. The van der Waals surface area contributed by atoms with Gasteiger partial charge in [-0.25, -0.2) is 0 Å². The van der Waals surface area contributed by atoms with Gasteiger partial charge in [0.25, 0.3) is 0 Å². The topological polar surface area (TPSA) is 77.8 Å². The highest BCUT2D eigenvalue weighted by atomic mass is 16.4. The molecule has 2 saturated carbocycles. The third-order valence-electron chi connectivity index (χ3n) is 4.77. The first-order chi connectivity index (χ1) is 9.63. The summed E-state index contributed by atoms with van der Waals surface area (Å²) >= 11 is 0. The molecule has 2 fully saturated rings. The number of carboxylic acid groups (broad SMARTS) is 1. The number of nitrogens with zero attached hydrogens (tertiary/aromatic N) is 1. The molecule has 0 spiro atoms. The predicted molar refractivity (Wildman–Crippen MR) is 74.1 cm³/mol. The second-order valence-corrected chi connectivity index (χ2v) is 6.09. The van der Waals surface area contributed by atoms with E-state index in [0.29, 0.717) is 25.8 Å². The number of carboxylic acids is 1. The quantitative estimate of drug-likeness (QED) is 0.804. The van der Waals surface area contributed by atoms with Crippen LogP contribution in [-0.2, 0) is 9.59 Å². The molecule has 0 aromatic rings. The molecule has 0 aromatic heterocycles. The van der Waals surface area contributed by atoms with E-state index in [1.54, 1.807) is 0 Å². The molecular formula is C15H25NO4. The van der Waals surface area contributed by atoms with Gasteiger partial charge in [0.15, 0.2) is 0 Å². The Morgan fingerprint density at radius 3 is 2.20 bits per heavy atom. The first-order valence-corrected chi connectivity index (χ1v) is 7.77. The molecule has 0 saturated heterocycles. The molecule has 2 aliphatic carbocycles. The first kappa shape index (κ1) is 15.3. The molecule has 0 aliphatic heterocycles. The van der Waals surface area contributed by atoms with E-state index in [1.165, 1.54) is 6.42 Å². The Hall–Kier alpha value is -1.10. The van der Waals surface area contributed by atoms with Gasteiger partial charge in [-0.15, -0.1) is 0 Å². The number of hydrogen-bond donors (Lipinski definition) is 2. The molecule has 20 heavy (non-hydrogen) atoms. The van der Waals surface area contributed by atoms with Gasteiger partial charge < -0.3 is 15.1 Å². The monoisotopic (exact) mass is 283 g/mol. The minimum atomic E-state index is -0.785. The highest BCUT2D eigenvalue weighted by molar-refractivity contribution is 5.81. The number of aliphatic hydroxyl groups excluding tert-OH is 1. The van der Waals surface area contributed by atoms with Crippen LogP contribution in [0.25, 0.3) is 0 Å². The lowest BCUT2D eigenvalue weighted by Crippen LogP contribution is -2.45. The van der Waals surface area contributed by atoms with Crippen LogP contribution < -0.4 is 0 Å². The van der Waals surface area contributed by atoms with E-state index >= 15 is 0 Å². The molecule has 2 aliphatic rings. The van der Waals surface area contributed by atoms with Crippen LogP contribution in [0.3, 0.4) is 0 Å². The summed E-state index contributed by atoms with van der Waals surface area (Å²) in [5.74, 6) is -1.25. The van der Waals surface area contributed by atoms with Crippen molar-refractivity contribution in [1.82, 2.24) is 4.90 Å². The van der Waals surface area contributed by atoms with Crippen molar-refractivity contribution in [3.8, 4) is 0 Å². The van der Waals surface area contributed by atoms with Gasteiger partial charge in [0.2, 0.25) is 5.91 Å². The standard InChI is InChI=1S/C15H25NO4/c17-9-8-16(13-4-2-1-3-5-13)14(18)11-6-7-12(10-11)15(19)20/h11-13,17H,1-10H2,(H,19,20)/t11-,12+/m1/s1. The van der Waals surface area contributed by atoms with Gasteiger partial charge in [-0.05, 0) is 32.1 Å². The van der Waals surface area contributed by atoms with Crippen molar-refractivity contribution in [3.63, 3.8) is 0 Å². The van der Waals surface area contributed by atoms with Crippen LogP contribution in [0, 0.1) is 11.8 Å². The summed E-state index contributed by atoms with van der Waals surface area (Å²) < 4.78 is 0. The van der Waals surface area contributed by atoms with Crippen LogP contribution in [0.4, 0.5) is 0 Å². The summed E-state index contributed by atoms with van der Waals surface area (Å²) in [6, 6.07) is 0.243. The fourth-order valence-corrected chi connectivity index (χ4v) is 3.64. The summed E-state index contributed by atoms with van der Waals surface area (Å²) in [6.07, 6.45) is 7.27. The zero-order chi connectivity index (χ0) is 14.5. The predicted octanol–water partition coefficient (Wildman–Crippen LogP) is 1.64. The van der Waals surface area contributed by atoms with Gasteiger partial charge in [0.05, 0.1) is 12.5 Å². The number of carbonyl (C=O) groups is 2. The van der Waals surface area contributed by atoms with Crippen molar-refractivity contribution in [2.45, 2.75) is 57.4 Å². The minimum Gasteiger partial charge on any atom is -0.481 e. The summed E-state index contributed by atoms with van der Waals surface area (Å²) in [4.78, 5) is 25.5. The van der Waals surface area contributed by atoms with Crippen LogP contribution in [0.5, 0.6) is 0 Å². The number of carbonyl (C=O) groups excluding carboxylic acids is 1. The summed E-state index contributed by atoms with van der Waals surface area (Å²) in [5.41, 5.74) is 0. The van der Waals surface area contributed by atoms with E-state index in [1.807, 2.05) is 4.90 Å². The second-order valence-electron chi connectivity index (χ2n) is 6.09. The Bertz CT molecular complexity index is 352. The molecule has 0 radical (unpaired) electrons. The van der Waals surface area contributed by atoms with Crippen LogP contribution in [-0.4, -0.2) is 46.2 Å². The van der Waals surface area contributed by atoms with Crippen molar-refractivity contribution in [2.24, 2.45) is 11.8 Å². The summed E-state index contributed by atoms with van der Waals surface area (Å²) in [7, 11) is 0. The second kappa shape index (κ2) is 7.07. The molecule has 2 rings (SSSR count). The van der Waals surface area contributed by atoms with Gasteiger partial charge in [0.1, 0.15) is 0 Å². The molecule has 0 aromatic carbocycles. The van der Waals surface area contributed by atoms with E-state index in [2.05, 4.69) is 0 Å². The number of aliphatic carboxylic acids is 1. The molecule has 2 N–H and O–H groups in total. The van der Waals surface area contributed by atoms with E-state index in [0.717, 1.165) is 25.7 Å². The normalized spacial score (nSPS) is 27.4. The smallest absolute Gasteiger partial charge is 0.306 e. The van der Waals surface area contributed by atoms with Crippen molar-refractivity contribution in [3.05, 3.63) is 0 Å². The van der Waals surface area contributed by atoms with Gasteiger partial charge >= 0.3 is 5.97 Å². The van der Waals surface area contributed by atoms with E-state index in [4.69, 9.17) is 5.11 Å². The molecule has 5 nitrogen and oxygen atoms in total. The van der Waals surface area contributed by atoms with Crippen LogP contribution in [0.1, 0.15) is 51.4 Å². The molecule has 1 amide bonds. The zero-order valence-corrected chi connectivity index (χ0v) is 12.0. The maximum Gasteiger partial charge on any atom is 0.306 e. The first-order valence-electron chi connectivity index (χ1n) is 7.77. The average molecular weight is 283 g/mol. The van der Waals surface area contributed by atoms with Crippen LogP contribution in [0.2, 0.25) is 0 Å². The number of amides is 1. The van der Waals surface area contributed by atoms with Crippen molar-refractivity contribution < 1.29 is 19.8 Å². The Kier molecular flexibility index (Phi) is 5.40. The van der Waals surface area contributed by atoms with Crippen molar-refractivity contribution in [1.29, 1.82) is 0 Å². The third-order valence-corrected chi connectivity index (χ3v) is 4.77. The molecule has 0 bridgehead atoms. The van der Waals surface area contributed by atoms with E-state index in [9.17, 15) is 14.7 Å². The lowest BCUT2D eigenvalue weighted by molar-refractivity contribution is -0.142. The third kappa shape index (κ3) is 3.51. The molecule has 0 unspecified atom stereocenters. The lowest BCUT2D eigenvalue weighted by Gasteiger charge is -2.35. The van der Waals surface area contributed by atoms with E-state index in [-0.39, 0.29) is 30.4 Å². The molecule has 2 atom stereocenters. The van der Waals surface area contributed by atoms with Gasteiger partial charge in [0, 0.05) is 18.5 Å².